The van der Waals surface area contributed by atoms with Gasteiger partial charge in [0, 0.05) is 6.04 Å². The number of thiophene rings is 1. The predicted octanol–water partition coefficient (Wildman–Crippen LogP) is 3.34. The predicted molar refractivity (Wildman–Crippen MR) is 111 cm³/mol. The molecule has 0 saturated carbocycles. The molecule has 0 aliphatic rings. The minimum atomic E-state index is -0.313. The second kappa shape index (κ2) is 9.05. The van der Waals surface area contributed by atoms with Gasteiger partial charge in [0.25, 0.3) is 0 Å². The minimum absolute atomic E-state index is 0.0266. The Morgan fingerprint density at radius 1 is 1.22 bits per heavy atom. The van der Waals surface area contributed by atoms with Crippen molar-refractivity contribution >= 4 is 29.0 Å². The lowest BCUT2D eigenvalue weighted by molar-refractivity contribution is -0.120. The average Bonchev–Trinajstić information content (AvgIpc) is 3.31. The second-order valence-corrected chi connectivity index (χ2v) is 8.60. The van der Waals surface area contributed by atoms with Crippen LogP contribution in [0.5, 0.6) is 0 Å². The van der Waals surface area contributed by atoms with Gasteiger partial charge in [0.05, 0.1) is 10.1 Å². The summed E-state index contributed by atoms with van der Waals surface area (Å²) in [5.74, 6) is 6.68. The molecule has 3 aromatic rings. The molecule has 2 aromatic heterocycles. The molecule has 27 heavy (non-hydrogen) atoms. The van der Waals surface area contributed by atoms with Gasteiger partial charge >= 0.3 is 0 Å². The van der Waals surface area contributed by atoms with E-state index in [1.165, 1.54) is 22.0 Å². The van der Waals surface area contributed by atoms with Crippen molar-refractivity contribution in [2.24, 2.45) is 0 Å². The van der Waals surface area contributed by atoms with Gasteiger partial charge in [-0.05, 0) is 43.7 Å². The van der Waals surface area contributed by atoms with E-state index in [9.17, 15) is 4.79 Å². The zero-order chi connectivity index (χ0) is 19.2. The summed E-state index contributed by atoms with van der Waals surface area (Å²) >= 11 is 2.86. The first-order valence-corrected chi connectivity index (χ1v) is 10.6. The molecule has 0 saturated heterocycles. The average molecular weight is 402 g/mol. The van der Waals surface area contributed by atoms with Gasteiger partial charge in [0.2, 0.25) is 11.1 Å². The highest BCUT2D eigenvalue weighted by Gasteiger charge is 2.21. The van der Waals surface area contributed by atoms with Crippen LogP contribution >= 0.6 is 23.1 Å². The van der Waals surface area contributed by atoms with E-state index in [0.29, 0.717) is 11.0 Å². The molecule has 0 spiro atoms. The molecular formula is C19H23N5OS2. The van der Waals surface area contributed by atoms with Crippen LogP contribution in [0.1, 0.15) is 25.8 Å². The number of nitrogens with zero attached hydrogens (tertiary/aromatic N) is 3. The van der Waals surface area contributed by atoms with Crippen molar-refractivity contribution < 1.29 is 4.79 Å². The number of hydrogen-bond acceptors (Lipinski definition) is 6. The van der Waals surface area contributed by atoms with Crippen molar-refractivity contribution in [2.45, 2.75) is 43.1 Å². The molecule has 6 nitrogen and oxygen atoms in total. The van der Waals surface area contributed by atoms with Crippen LogP contribution in [-0.4, -0.2) is 32.1 Å². The highest BCUT2D eigenvalue weighted by Crippen LogP contribution is 2.27. The van der Waals surface area contributed by atoms with Crippen LogP contribution in [0.15, 0.2) is 53.0 Å². The van der Waals surface area contributed by atoms with E-state index in [0.717, 1.165) is 17.7 Å². The first-order valence-electron chi connectivity index (χ1n) is 8.80. The van der Waals surface area contributed by atoms with Crippen LogP contribution in [0.4, 0.5) is 0 Å². The van der Waals surface area contributed by atoms with E-state index < -0.39 is 0 Å². The molecule has 2 heterocycles. The Bertz CT molecular complexity index is 864. The topological polar surface area (TPSA) is 85.8 Å². The quantitative estimate of drug-likeness (QED) is 0.447. The molecule has 0 bridgehead atoms. The third-order valence-electron chi connectivity index (χ3n) is 4.16. The van der Waals surface area contributed by atoms with Gasteiger partial charge in [-0.15, -0.1) is 21.5 Å². The molecule has 0 radical (unpaired) electrons. The third kappa shape index (κ3) is 5.11. The molecule has 0 aliphatic carbocycles. The Balaban J connectivity index is 1.52. The summed E-state index contributed by atoms with van der Waals surface area (Å²) in [6.45, 7) is 3.88. The van der Waals surface area contributed by atoms with E-state index in [1.54, 1.807) is 11.3 Å². The number of rotatable bonds is 8. The van der Waals surface area contributed by atoms with Crippen molar-refractivity contribution in [1.29, 1.82) is 0 Å². The number of nitrogens with one attached hydrogen (secondary N) is 1. The van der Waals surface area contributed by atoms with Gasteiger partial charge in [0.1, 0.15) is 0 Å². The molecule has 8 heteroatoms. The van der Waals surface area contributed by atoms with E-state index in [2.05, 4.69) is 27.6 Å². The number of carbonyl (C=O) groups is 1. The summed E-state index contributed by atoms with van der Waals surface area (Å²) in [4.78, 5) is 13.4. The van der Waals surface area contributed by atoms with Crippen LogP contribution in [0, 0.1) is 0 Å². The van der Waals surface area contributed by atoms with E-state index >= 15 is 0 Å². The minimum Gasteiger partial charge on any atom is -0.353 e. The molecule has 3 N–H and O–H groups in total. The Labute approximate surface area is 167 Å². The van der Waals surface area contributed by atoms with E-state index in [4.69, 9.17) is 5.84 Å². The van der Waals surface area contributed by atoms with E-state index in [1.807, 2.05) is 49.6 Å². The fourth-order valence-electron chi connectivity index (χ4n) is 2.60. The van der Waals surface area contributed by atoms with Gasteiger partial charge in [-0.2, -0.15) is 0 Å². The number of nitrogen functional groups attached to an aromatic ring is 1. The van der Waals surface area contributed by atoms with Crippen LogP contribution in [0.2, 0.25) is 0 Å². The van der Waals surface area contributed by atoms with Gasteiger partial charge in [-0.1, -0.05) is 48.2 Å². The zero-order valence-corrected chi connectivity index (χ0v) is 17.0. The molecule has 3 rings (SSSR count). The third-order valence-corrected chi connectivity index (χ3v) is 6.08. The van der Waals surface area contributed by atoms with Crippen molar-refractivity contribution in [3.8, 4) is 10.7 Å². The molecular weight excluding hydrogens is 378 g/mol. The van der Waals surface area contributed by atoms with Gasteiger partial charge in [-0.3, -0.25) is 4.79 Å². The Morgan fingerprint density at radius 2 is 2.00 bits per heavy atom. The first kappa shape index (κ1) is 19.4. The van der Waals surface area contributed by atoms with E-state index in [-0.39, 0.29) is 17.2 Å². The Kier molecular flexibility index (Phi) is 6.52. The smallest absolute Gasteiger partial charge is 0.233 e. The van der Waals surface area contributed by atoms with Gasteiger partial charge in [0.15, 0.2) is 5.82 Å². The highest BCUT2D eigenvalue weighted by atomic mass is 32.2. The van der Waals surface area contributed by atoms with Crippen molar-refractivity contribution in [3.63, 3.8) is 0 Å². The summed E-state index contributed by atoms with van der Waals surface area (Å²) in [7, 11) is 0. The lowest BCUT2D eigenvalue weighted by Gasteiger charge is -2.17. The number of thioether (sulfide) groups is 1. The lowest BCUT2D eigenvalue weighted by Crippen LogP contribution is -2.38. The molecule has 1 amide bonds. The number of nitrogens with two attached hydrogens (primary N) is 1. The number of aromatic nitrogens is 3. The first-order chi connectivity index (χ1) is 13.0. The normalized spacial score (nSPS) is 13.3. The van der Waals surface area contributed by atoms with Crippen molar-refractivity contribution in [1.82, 2.24) is 20.2 Å². The monoisotopic (exact) mass is 401 g/mol. The Morgan fingerprint density at radius 3 is 2.70 bits per heavy atom. The number of hydrogen-bond donors (Lipinski definition) is 2. The molecule has 0 fully saturated rings. The lowest BCUT2D eigenvalue weighted by atomic mass is 10.1. The molecule has 142 valence electrons. The largest absolute Gasteiger partial charge is 0.353 e. The number of aryl methyl sites for hydroxylation is 1. The zero-order valence-electron chi connectivity index (χ0n) is 15.3. The maximum atomic E-state index is 12.5. The molecule has 0 aliphatic heterocycles. The molecule has 2 atom stereocenters. The summed E-state index contributed by atoms with van der Waals surface area (Å²) in [5, 5.41) is 13.5. The second-order valence-electron chi connectivity index (χ2n) is 6.35. The van der Waals surface area contributed by atoms with Crippen molar-refractivity contribution in [2.75, 3.05) is 5.84 Å². The fourth-order valence-corrected chi connectivity index (χ4v) is 4.09. The SMILES string of the molecule is C[C@H](CCc1ccccc1)NC(=O)[C@@H](C)Sc1nnc(-c2cccs2)n1N. The number of carbonyl (C=O) groups excluding carboxylic acids is 1. The van der Waals surface area contributed by atoms with Crippen LogP contribution in [-0.2, 0) is 11.2 Å². The highest BCUT2D eigenvalue weighted by molar-refractivity contribution is 8.00. The maximum absolute atomic E-state index is 12.5. The van der Waals surface area contributed by atoms with Crippen LogP contribution < -0.4 is 11.2 Å². The maximum Gasteiger partial charge on any atom is 0.233 e. The fraction of sp³-hybridized carbons (Fsp3) is 0.316. The summed E-state index contributed by atoms with van der Waals surface area (Å²) in [5.41, 5.74) is 1.28. The summed E-state index contributed by atoms with van der Waals surface area (Å²) < 4.78 is 1.44. The Hall–Kier alpha value is -2.32. The van der Waals surface area contributed by atoms with Crippen LogP contribution in [0.3, 0.4) is 0 Å². The summed E-state index contributed by atoms with van der Waals surface area (Å²) in [6, 6.07) is 14.3. The number of amides is 1. The standard InChI is InChI=1S/C19H23N5OS2/c1-13(10-11-15-7-4-3-5-8-15)21-18(25)14(2)27-19-23-22-17(24(19)20)16-9-6-12-26-16/h3-9,12-14H,10-11,20H2,1-2H3,(H,21,25)/t13-,14-/m1/s1. The number of benzene rings is 1. The molecule has 1 aromatic carbocycles. The summed E-state index contributed by atoms with van der Waals surface area (Å²) in [6.07, 6.45) is 1.83. The van der Waals surface area contributed by atoms with Gasteiger partial charge in [-0.25, -0.2) is 4.68 Å². The molecule has 0 unspecified atom stereocenters. The van der Waals surface area contributed by atoms with Crippen molar-refractivity contribution in [3.05, 3.63) is 53.4 Å². The van der Waals surface area contributed by atoms with Gasteiger partial charge < -0.3 is 11.2 Å². The van der Waals surface area contributed by atoms with Crippen LogP contribution in [0.25, 0.3) is 10.7 Å².